The zero-order valence-electron chi connectivity index (χ0n) is 10.8. The lowest BCUT2D eigenvalue weighted by molar-refractivity contribution is -0.119. The average Bonchev–Trinajstić information content (AvgIpc) is 2.83. The minimum absolute atomic E-state index is 0.0321. The van der Waals surface area contributed by atoms with Crippen molar-refractivity contribution in [1.82, 2.24) is 5.32 Å². The fourth-order valence-electron chi connectivity index (χ4n) is 3.54. The number of carbonyl (C=O) groups is 1. The summed E-state index contributed by atoms with van der Waals surface area (Å²) in [6.07, 6.45) is 12.3. The Kier molecular flexibility index (Phi) is 2.19. The number of hydrogen-bond donors (Lipinski definition) is 2. The van der Waals surface area contributed by atoms with Crippen LogP contribution >= 0.6 is 0 Å². The Labute approximate surface area is 112 Å². The van der Waals surface area contributed by atoms with Gasteiger partial charge in [-0.3, -0.25) is 4.79 Å². The number of aliphatic hydroxyl groups is 1. The third-order valence-corrected chi connectivity index (χ3v) is 4.77. The molecule has 4 aliphatic carbocycles. The molecule has 0 spiro atoms. The standard InChI is InChI=1S/C16H17NO2/c18-9-16(5-1-2-6-16)17-15(19)12-4-3-11-13-7-10(13)8-14(11)12/h3-4,7-8,13,18H,1-2,5-6,9H2,(H,17,19). The Bertz CT molecular complexity index is 586. The van der Waals surface area contributed by atoms with Gasteiger partial charge in [0.05, 0.1) is 12.1 Å². The lowest BCUT2D eigenvalue weighted by Gasteiger charge is -2.28. The second-order valence-corrected chi connectivity index (χ2v) is 6.00. The summed E-state index contributed by atoms with van der Waals surface area (Å²) < 4.78 is 0. The molecule has 3 heteroatoms. The van der Waals surface area contributed by atoms with Crippen molar-refractivity contribution in [3.05, 3.63) is 46.6 Å². The van der Waals surface area contributed by atoms with E-state index in [-0.39, 0.29) is 18.1 Å². The first-order valence-electron chi connectivity index (χ1n) is 7.02. The third-order valence-electron chi connectivity index (χ3n) is 4.77. The van der Waals surface area contributed by atoms with Crippen molar-refractivity contribution in [2.75, 3.05) is 6.61 Å². The molecule has 1 atom stereocenters. The second-order valence-electron chi connectivity index (χ2n) is 6.00. The Morgan fingerprint density at radius 3 is 2.89 bits per heavy atom. The van der Waals surface area contributed by atoms with Crippen LogP contribution in [-0.4, -0.2) is 23.2 Å². The fraction of sp³-hybridized carbons (Fsp3) is 0.438. The average molecular weight is 255 g/mol. The van der Waals surface area contributed by atoms with E-state index in [0.717, 1.165) is 36.8 Å². The molecule has 0 aromatic heterocycles. The van der Waals surface area contributed by atoms with Crippen LogP contribution in [-0.2, 0) is 4.79 Å². The van der Waals surface area contributed by atoms with E-state index >= 15 is 0 Å². The van der Waals surface area contributed by atoms with Gasteiger partial charge in [-0.15, -0.1) is 0 Å². The van der Waals surface area contributed by atoms with Crippen molar-refractivity contribution in [3.63, 3.8) is 0 Å². The molecule has 0 aromatic carbocycles. The highest BCUT2D eigenvalue weighted by Crippen LogP contribution is 2.51. The molecule has 0 saturated heterocycles. The van der Waals surface area contributed by atoms with Crippen molar-refractivity contribution < 1.29 is 9.90 Å². The van der Waals surface area contributed by atoms with Gasteiger partial charge in [0.2, 0.25) is 0 Å². The molecule has 98 valence electrons. The highest BCUT2D eigenvalue weighted by molar-refractivity contribution is 6.02. The van der Waals surface area contributed by atoms with Gasteiger partial charge in [0, 0.05) is 11.5 Å². The van der Waals surface area contributed by atoms with Gasteiger partial charge in [0.25, 0.3) is 5.91 Å². The van der Waals surface area contributed by atoms with Gasteiger partial charge < -0.3 is 10.4 Å². The molecular weight excluding hydrogens is 238 g/mol. The molecule has 0 radical (unpaired) electrons. The topological polar surface area (TPSA) is 49.3 Å². The van der Waals surface area contributed by atoms with Crippen LogP contribution < -0.4 is 5.32 Å². The molecule has 1 amide bonds. The third kappa shape index (κ3) is 1.58. The molecule has 1 unspecified atom stereocenters. The second kappa shape index (κ2) is 3.70. The molecule has 2 N–H and O–H groups in total. The van der Waals surface area contributed by atoms with Gasteiger partial charge in [0.1, 0.15) is 0 Å². The van der Waals surface area contributed by atoms with Gasteiger partial charge in [-0.25, -0.2) is 0 Å². The Morgan fingerprint density at radius 1 is 1.37 bits per heavy atom. The number of allylic oxidation sites excluding steroid dienone is 6. The maximum atomic E-state index is 12.4. The van der Waals surface area contributed by atoms with Crippen LogP contribution in [0.3, 0.4) is 0 Å². The predicted octanol–water partition coefficient (Wildman–Crippen LogP) is 1.77. The molecule has 3 nitrogen and oxygen atoms in total. The van der Waals surface area contributed by atoms with Crippen LogP contribution in [0.1, 0.15) is 25.7 Å². The van der Waals surface area contributed by atoms with Crippen molar-refractivity contribution in [1.29, 1.82) is 0 Å². The number of aliphatic hydroxyl groups excluding tert-OH is 1. The maximum Gasteiger partial charge on any atom is 0.252 e. The van der Waals surface area contributed by atoms with E-state index in [4.69, 9.17) is 0 Å². The Morgan fingerprint density at radius 2 is 2.16 bits per heavy atom. The summed E-state index contributed by atoms with van der Waals surface area (Å²) >= 11 is 0. The number of rotatable bonds is 3. The first-order chi connectivity index (χ1) is 9.22. The van der Waals surface area contributed by atoms with E-state index in [2.05, 4.69) is 23.5 Å². The zero-order chi connectivity index (χ0) is 13.0. The summed E-state index contributed by atoms with van der Waals surface area (Å²) in [4.78, 5) is 12.4. The highest BCUT2D eigenvalue weighted by atomic mass is 16.3. The first kappa shape index (κ1) is 11.2. The number of nitrogens with one attached hydrogen (secondary N) is 1. The number of carbonyl (C=O) groups excluding carboxylic acids is 1. The molecule has 1 fully saturated rings. The number of hydrogen-bond acceptors (Lipinski definition) is 2. The quantitative estimate of drug-likeness (QED) is 0.807. The molecule has 4 rings (SSSR count). The molecule has 4 aliphatic rings. The van der Waals surface area contributed by atoms with Gasteiger partial charge in [0.15, 0.2) is 0 Å². The summed E-state index contributed by atoms with van der Waals surface area (Å²) in [5, 5.41) is 12.6. The minimum Gasteiger partial charge on any atom is -0.394 e. The summed E-state index contributed by atoms with van der Waals surface area (Å²) in [5.41, 5.74) is 4.08. The summed E-state index contributed by atoms with van der Waals surface area (Å²) in [6.45, 7) is 0.0408. The molecule has 0 aromatic rings. The van der Waals surface area contributed by atoms with Crippen LogP contribution in [0.15, 0.2) is 46.6 Å². The van der Waals surface area contributed by atoms with Crippen LogP contribution in [0, 0.1) is 5.92 Å². The zero-order valence-corrected chi connectivity index (χ0v) is 10.8. The molecule has 0 aliphatic heterocycles. The van der Waals surface area contributed by atoms with Crippen LogP contribution in [0.5, 0.6) is 0 Å². The van der Waals surface area contributed by atoms with Crippen molar-refractivity contribution in [3.8, 4) is 0 Å². The lowest BCUT2D eigenvalue weighted by atomic mass is 9.96. The van der Waals surface area contributed by atoms with E-state index in [1.54, 1.807) is 0 Å². The first-order valence-corrected chi connectivity index (χ1v) is 7.02. The normalized spacial score (nSPS) is 29.0. The molecule has 0 heterocycles. The minimum atomic E-state index is -0.387. The van der Waals surface area contributed by atoms with Gasteiger partial charge in [-0.2, -0.15) is 0 Å². The number of amides is 1. The van der Waals surface area contributed by atoms with Crippen molar-refractivity contribution >= 4 is 5.91 Å². The molecule has 19 heavy (non-hydrogen) atoms. The van der Waals surface area contributed by atoms with Gasteiger partial charge in [-0.05, 0) is 41.7 Å². The number of fused-ring (bicyclic) bond motifs is 3. The van der Waals surface area contributed by atoms with E-state index in [1.807, 2.05) is 6.08 Å². The molecule has 0 bridgehead atoms. The summed E-state index contributed by atoms with van der Waals surface area (Å²) in [7, 11) is 0. The summed E-state index contributed by atoms with van der Waals surface area (Å²) in [6, 6.07) is 0. The lowest BCUT2D eigenvalue weighted by Crippen LogP contribution is -2.49. The Balaban J connectivity index is 1.53. The highest BCUT2D eigenvalue weighted by Gasteiger charge is 2.41. The molecular formula is C16H17NO2. The Hall–Kier alpha value is -1.61. The van der Waals surface area contributed by atoms with E-state index in [0.29, 0.717) is 5.92 Å². The van der Waals surface area contributed by atoms with Crippen molar-refractivity contribution in [2.24, 2.45) is 5.92 Å². The summed E-state index contributed by atoms with van der Waals surface area (Å²) in [5.74, 6) is 0.449. The van der Waals surface area contributed by atoms with Crippen LogP contribution in [0.2, 0.25) is 0 Å². The van der Waals surface area contributed by atoms with E-state index < -0.39 is 0 Å². The van der Waals surface area contributed by atoms with Crippen molar-refractivity contribution in [2.45, 2.75) is 31.2 Å². The SMILES string of the molecule is O=C(NC1(CO)CCCC1)C1=CC=C2C1=CC1=CC12. The smallest absolute Gasteiger partial charge is 0.252 e. The van der Waals surface area contributed by atoms with Crippen LogP contribution in [0.25, 0.3) is 0 Å². The van der Waals surface area contributed by atoms with E-state index in [1.165, 1.54) is 11.1 Å². The van der Waals surface area contributed by atoms with Crippen LogP contribution in [0.4, 0.5) is 0 Å². The largest absolute Gasteiger partial charge is 0.394 e. The van der Waals surface area contributed by atoms with Gasteiger partial charge in [-0.1, -0.05) is 25.0 Å². The molecule has 1 saturated carbocycles. The maximum absolute atomic E-state index is 12.4. The monoisotopic (exact) mass is 255 g/mol. The van der Waals surface area contributed by atoms with E-state index in [9.17, 15) is 9.90 Å². The fourth-order valence-corrected chi connectivity index (χ4v) is 3.54. The van der Waals surface area contributed by atoms with Gasteiger partial charge >= 0.3 is 0 Å². The predicted molar refractivity (Wildman–Crippen MR) is 72.2 cm³/mol.